The van der Waals surface area contributed by atoms with Crippen LogP contribution in [0.5, 0.6) is 0 Å². The van der Waals surface area contributed by atoms with Gasteiger partial charge in [0.2, 0.25) is 0 Å². The molecule has 0 fully saturated rings. The van der Waals surface area contributed by atoms with E-state index >= 15 is 0 Å². The van der Waals surface area contributed by atoms with E-state index in [0.29, 0.717) is 0 Å². The quantitative estimate of drug-likeness (QED) is 0.537. The van der Waals surface area contributed by atoms with Crippen molar-refractivity contribution >= 4 is 8.56 Å². The Morgan fingerprint density at radius 2 is 1.40 bits per heavy atom. The SMILES string of the molecule is C=C(O[Si](C)(C)OC(C)(C)C)C(C)(C)C. The zero-order valence-corrected chi connectivity index (χ0v) is 12.5. The fourth-order valence-electron chi connectivity index (χ4n) is 1.21. The van der Waals surface area contributed by atoms with Gasteiger partial charge in [-0.3, -0.25) is 0 Å². The number of hydrogen-bond acceptors (Lipinski definition) is 2. The van der Waals surface area contributed by atoms with Gasteiger partial charge in [-0.05, 0) is 33.9 Å². The van der Waals surface area contributed by atoms with Gasteiger partial charge in [0.1, 0.15) is 0 Å². The third-order valence-electron chi connectivity index (χ3n) is 1.76. The fourth-order valence-corrected chi connectivity index (χ4v) is 3.62. The molecule has 0 aromatic carbocycles. The first-order valence-corrected chi connectivity index (χ1v) is 8.24. The molecule has 0 aliphatic rings. The van der Waals surface area contributed by atoms with Crippen LogP contribution in [0.2, 0.25) is 13.1 Å². The predicted octanol–water partition coefficient (Wildman–Crippen LogP) is 4.08. The Morgan fingerprint density at radius 3 is 1.67 bits per heavy atom. The second-order valence-corrected chi connectivity index (χ2v) is 9.60. The van der Waals surface area contributed by atoms with Crippen LogP contribution in [0.1, 0.15) is 41.5 Å². The van der Waals surface area contributed by atoms with Crippen LogP contribution in [0, 0.1) is 5.41 Å². The Hall–Kier alpha value is -0.283. The van der Waals surface area contributed by atoms with Crippen molar-refractivity contribution in [3.63, 3.8) is 0 Å². The molecule has 15 heavy (non-hydrogen) atoms. The van der Waals surface area contributed by atoms with E-state index in [9.17, 15) is 0 Å². The van der Waals surface area contributed by atoms with Gasteiger partial charge in [0.25, 0.3) is 0 Å². The van der Waals surface area contributed by atoms with Crippen molar-refractivity contribution in [3.8, 4) is 0 Å². The topological polar surface area (TPSA) is 18.5 Å². The summed E-state index contributed by atoms with van der Waals surface area (Å²) in [5, 5.41) is 0. The minimum Gasteiger partial charge on any atom is -0.524 e. The Bertz CT molecular complexity index is 231. The molecule has 0 unspecified atom stereocenters. The van der Waals surface area contributed by atoms with Gasteiger partial charge < -0.3 is 8.85 Å². The molecule has 0 saturated carbocycles. The lowest BCUT2D eigenvalue weighted by atomic mass is 9.95. The third-order valence-corrected chi connectivity index (χ3v) is 3.60. The van der Waals surface area contributed by atoms with E-state index in [1.54, 1.807) is 0 Å². The summed E-state index contributed by atoms with van der Waals surface area (Å²) in [5.74, 6) is 0.809. The van der Waals surface area contributed by atoms with E-state index in [4.69, 9.17) is 8.85 Å². The smallest absolute Gasteiger partial charge is 0.392 e. The van der Waals surface area contributed by atoms with Crippen molar-refractivity contribution < 1.29 is 8.85 Å². The van der Waals surface area contributed by atoms with E-state index in [1.165, 1.54) is 0 Å². The predicted molar refractivity (Wildman–Crippen MR) is 68.0 cm³/mol. The number of allylic oxidation sites excluding steroid dienone is 1. The monoisotopic (exact) mass is 230 g/mol. The minimum atomic E-state index is -2.11. The second-order valence-electron chi connectivity index (χ2n) is 6.39. The molecule has 0 aliphatic carbocycles. The Morgan fingerprint density at radius 1 is 1.00 bits per heavy atom. The molecule has 2 nitrogen and oxygen atoms in total. The van der Waals surface area contributed by atoms with E-state index in [1.807, 2.05) is 20.8 Å². The van der Waals surface area contributed by atoms with E-state index in [2.05, 4.69) is 40.4 Å². The maximum absolute atomic E-state index is 5.95. The molecule has 0 bridgehead atoms. The lowest BCUT2D eigenvalue weighted by Crippen LogP contribution is -2.42. The first-order chi connectivity index (χ1) is 6.33. The van der Waals surface area contributed by atoms with Gasteiger partial charge in [-0.2, -0.15) is 0 Å². The zero-order chi connectivity index (χ0) is 12.5. The second kappa shape index (κ2) is 4.30. The highest BCUT2D eigenvalue weighted by Crippen LogP contribution is 2.29. The molecular formula is C12H26O2Si. The average Bonchev–Trinajstić information content (AvgIpc) is 1.76. The lowest BCUT2D eigenvalue weighted by molar-refractivity contribution is 0.0751. The summed E-state index contributed by atoms with van der Waals surface area (Å²) < 4.78 is 11.8. The highest BCUT2D eigenvalue weighted by Gasteiger charge is 2.34. The summed E-state index contributed by atoms with van der Waals surface area (Å²) in [7, 11) is -2.11. The number of rotatable bonds is 3. The van der Waals surface area contributed by atoms with E-state index < -0.39 is 8.56 Å². The Labute approximate surface area is 95.9 Å². The fraction of sp³-hybridized carbons (Fsp3) is 0.833. The van der Waals surface area contributed by atoms with Gasteiger partial charge in [0.15, 0.2) is 0 Å². The summed E-state index contributed by atoms with van der Waals surface area (Å²) >= 11 is 0. The molecule has 3 heteroatoms. The largest absolute Gasteiger partial charge is 0.524 e. The van der Waals surface area contributed by atoms with Crippen molar-refractivity contribution in [2.75, 3.05) is 0 Å². The van der Waals surface area contributed by atoms with Crippen molar-refractivity contribution in [1.29, 1.82) is 0 Å². The van der Waals surface area contributed by atoms with Crippen LogP contribution in [-0.4, -0.2) is 14.2 Å². The van der Waals surface area contributed by atoms with E-state index in [-0.39, 0.29) is 11.0 Å². The van der Waals surface area contributed by atoms with Crippen molar-refractivity contribution in [2.45, 2.75) is 60.2 Å². The summed E-state index contributed by atoms with van der Waals surface area (Å²) in [4.78, 5) is 0. The Kier molecular flexibility index (Phi) is 4.22. The van der Waals surface area contributed by atoms with Crippen LogP contribution in [0.4, 0.5) is 0 Å². The van der Waals surface area contributed by atoms with Crippen molar-refractivity contribution in [1.82, 2.24) is 0 Å². The van der Waals surface area contributed by atoms with Gasteiger partial charge >= 0.3 is 8.56 Å². The molecule has 0 heterocycles. The molecule has 0 aliphatic heterocycles. The van der Waals surface area contributed by atoms with Crippen molar-refractivity contribution in [3.05, 3.63) is 12.3 Å². The molecule has 0 amide bonds. The average molecular weight is 230 g/mol. The first kappa shape index (κ1) is 14.7. The van der Waals surface area contributed by atoms with Crippen LogP contribution in [-0.2, 0) is 8.85 Å². The highest BCUT2D eigenvalue weighted by molar-refractivity contribution is 6.64. The summed E-state index contributed by atoms with van der Waals surface area (Å²) in [6.45, 7) is 20.5. The van der Waals surface area contributed by atoms with Gasteiger partial charge in [0.05, 0.1) is 11.4 Å². The van der Waals surface area contributed by atoms with Crippen LogP contribution >= 0.6 is 0 Å². The van der Waals surface area contributed by atoms with Gasteiger partial charge in [-0.15, -0.1) is 0 Å². The lowest BCUT2D eigenvalue weighted by Gasteiger charge is -2.35. The molecule has 0 spiro atoms. The standard InChI is InChI=1S/C12H26O2Si/c1-10(11(2,3)4)13-15(8,9)14-12(5,6)7/h1H2,2-9H3. The molecule has 0 atom stereocenters. The minimum absolute atomic E-state index is 0.0223. The molecular weight excluding hydrogens is 204 g/mol. The molecule has 0 radical (unpaired) electrons. The molecule has 0 rings (SSSR count). The molecule has 0 N–H and O–H groups in total. The zero-order valence-electron chi connectivity index (χ0n) is 11.5. The molecule has 90 valence electrons. The number of hydrogen-bond donors (Lipinski definition) is 0. The molecule has 0 aromatic heterocycles. The van der Waals surface area contributed by atoms with Crippen LogP contribution < -0.4 is 0 Å². The summed E-state index contributed by atoms with van der Waals surface area (Å²) in [6, 6.07) is 0. The van der Waals surface area contributed by atoms with Crippen LogP contribution in [0.3, 0.4) is 0 Å². The van der Waals surface area contributed by atoms with Crippen molar-refractivity contribution in [2.24, 2.45) is 5.41 Å². The maximum atomic E-state index is 5.95. The summed E-state index contributed by atoms with van der Waals surface area (Å²) in [6.07, 6.45) is 0. The van der Waals surface area contributed by atoms with Gasteiger partial charge in [0, 0.05) is 5.41 Å². The highest BCUT2D eigenvalue weighted by atomic mass is 28.4. The van der Waals surface area contributed by atoms with Gasteiger partial charge in [-0.1, -0.05) is 27.4 Å². The van der Waals surface area contributed by atoms with Gasteiger partial charge in [-0.25, -0.2) is 0 Å². The first-order valence-electron chi connectivity index (χ1n) is 5.42. The van der Waals surface area contributed by atoms with E-state index in [0.717, 1.165) is 5.76 Å². The van der Waals surface area contributed by atoms with Crippen LogP contribution in [0.15, 0.2) is 12.3 Å². The molecule has 0 aromatic rings. The maximum Gasteiger partial charge on any atom is 0.392 e. The normalized spacial score (nSPS) is 13.9. The van der Waals surface area contributed by atoms with Crippen LogP contribution in [0.25, 0.3) is 0 Å². The molecule has 0 saturated heterocycles. The summed E-state index contributed by atoms with van der Waals surface area (Å²) in [5.41, 5.74) is -0.181. The Balaban J connectivity index is 4.46. The third kappa shape index (κ3) is 6.74.